The molecule has 1 aromatic carbocycles. The highest BCUT2D eigenvalue weighted by atomic mass is 127. The third-order valence-electron chi connectivity index (χ3n) is 3.59. The quantitative estimate of drug-likeness (QED) is 0.153. The van der Waals surface area contributed by atoms with E-state index in [9.17, 15) is 21.6 Å². The summed E-state index contributed by atoms with van der Waals surface area (Å²) in [5.41, 5.74) is -4.32. The lowest BCUT2D eigenvalue weighted by atomic mass is 10.1. The molecule has 1 aromatic rings. The van der Waals surface area contributed by atoms with Gasteiger partial charge in [-0.15, -0.1) is 0 Å². The number of benzene rings is 1. The molecule has 1 rings (SSSR count). The summed E-state index contributed by atoms with van der Waals surface area (Å²) < 4.78 is 67.4. The average molecular weight is 505 g/mol. The summed E-state index contributed by atoms with van der Waals surface area (Å²) >= 11 is -0.769. The van der Waals surface area contributed by atoms with E-state index in [1.54, 1.807) is 4.08 Å². The lowest BCUT2D eigenvalue weighted by Crippen LogP contribution is -3.59. The van der Waals surface area contributed by atoms with Crippen molar-refractivity contribution in [2.75, 3.05) is 0 Å². The first-order valence-corrected chi connectivity index (χ1v) is 12.3. The first-order chi connectivity index (χ1) is 12.2. The monoisotopic (exact) mass is 505 g/mol. The minimum atomic E-state index is -5.61. The number of hydrogen-bond acceptors (Lipinski definition) is 3. The Morgan fingerprint density at radius 3 is 2.23 bits per heavy atom. The van der Waals surface area contributed by atoms with Crippen LogP contribution in [0.25, 0.3) is 0 Å². The fourth-order valence-electron chi connectivity index (χ4n) is 2.11. The van der Waals surface area contributed by atoms with Crippen LogP contribution in [0, 0.1) is 10.5 Å². The van der Waals surface area contributed by atoms with Crippen molar-refractivity contribution >= 4 is 10.1 Å². The number of unbranched alkanes of at least 4 members (excludes halogenated alkanes) is 5. The minimum absolute atomic E-state index is 0.0915. The average Bonchev–Trinajstić information content (AvgIpc) is 2.55. The number of hydrogen-bond donors (Lipinski definition) is 0. The van der Waals surface area contributed by atoms with E-state index in [2.05, 4.69) is 11.1 Å². The SMILES string of the molecule is CCCCCCCC/C(=C\[I+]c1ccc(C)cc1)OS(=O)(=O)C(F)(F)F. The molecule has 148 valence electrons. The molecule has 0 aliphatic heterocycles. The van der Waals surface area contributed by atoms with Crippen molar-refractivity contribution in [1.82, 2.24) is 0 Å². The number of halogens is 4. The highest BCUT2D eigenvalue weighted by molar-refractivity contribution is 7.87. The van der Waals surface area contributed by atoms with Crippen LogP contribution in [0.15, 0.2) is 34.1 Å². The number of aryl methyl sites for hydroxylation is 1. The molecule has 0 aliphatic carbocycles. The van der Waals surface area contributed by atoms with Gasteiger partial charge >= 0.3 is 36.8 Å². The normalized spacial score (nSPS) is 13.0. The van der Waals surface area contributed by atoms with Gasteiger partial charge in [-0.1, -0.05) is 56.7 Å². The van der Waals surface area contributed by atoms with Crippen LogP contribution in [0.5, 0.6) is 0 Å². The minimum Gasteiger partial charge on any atom is -0.376 e. The van der Waals surface area contributed by atoms with Crippen molar-refractivity contribution in [2.45, 2.75) is 64.3 Å². The lowest BCUT2D eigenvalue weighted by molar-refractivity contribution is -0.558. The van der Waals surface area contributed by atoms with Gasteiger partial charge in [0.1, 0.15) is 0 Å². The smallest absolute Gasteiger partial charge is 0.376 e. The van der Waals surface area contributed by atoms with Crippen LogP contribution in [-0.2, 0) is 14.3 Å². The molecular formula is C18H25F3IO3S+. The topological polar surface area (TPSA) is 43.4 Å². The molecule has 0 aliphatic rings. The van der Waals surface area contributed by atoms with Crippen molar-refractivity contribution < 1.29 is 47.0 Å². The van der Waals surface area contributed by atoms with Crippen molar-refractivity contribution in [2.24, 2.45) is 0 Å². The summed E-state index contributed by atoms with van der Waals surface area (Å²) in [7, 11) is -5.61. The highest BCUT2D eigenvalue weighted by Gasteiger charge is 2.49. The Morgan fingerprint density at radius 1 is 1.08 bits per heavy atom. The summed E-state index contributed by atoms with van der Waals surface area (Å²) in [5, 5.41) is 0. The lowest BCUT2D eigenvalue weighted by Gasteiger charge is -2.10. The van der Waals surface area contributed by atoms with Crippen molar-refractivity contribution in [1.29, 1.82) is 0 Å². The Balaban J connectivity index is 2.74. The molecule has 0 atom stereocenters. The van der Waals surface area contributed by atoms with Gasteiger partial charge in [-0.3, -0.25) is 0 Å². The van der Waals surface area contributed by atoms with Gasteiger partial charge < -0.3 is 4.18 Å². The van der Waals surface area contributed by atoms with E-state index in [4.69, 9.17) is 0 Å². The van der Waals surface area contributed by atoms with E-state index in [0.29, 0.717) is 6.42 Å². The van der Waals surface area contributed by atoms with E-state index in [1.807, 2.05) is 31.2 Å². The second-order valence-corrected chi connectivity index (χ2v) is 10.0. The maximum atomic E-state index is 12.6. The Labute approximate surface area is 164 Å². The van der Waals surface area contributed by atoms with Gasteiger partial charge in [0.15, 0.2) is 13.4 Å². The molecule has 8 heteroatoms. The zero-order valence-corrected chi connectivity index (χ0v) is 18.0. The van der Waals surface area contributed by atoms with Crippen LogP contribution >= 0.6 is 0 Å². The molecule has 0 aromatic heterocycles. The summed E-state index contributed by atoms with van der Waals surface area (Å²) in [5.74, 6) is -0.0915. The Kier molecular flexibility index (Phi) is 9.99. The number of rotatable bonds is 11. The molecule has 26 heavy (non-hydrogen) atoms. The van der Waals surface area contributed by atoms with Crippen LogP contribution in [0.3, 0.4) is 0 Å². The van der Waals surface area contributed by atoms with E-state index in [-0.39, 0.29) is 12.2 Å². The van der Waals surface area contributed by atoms with Crippen molar-refractivity contribution in [3.05, 3.63) is 43.2 Å². The third-order valence-corrected chi connectivity index (χ3v) is 7.03. The molecule has 0 spiro atoms. The first kappa shape index (κ1) is 23.3. The first-order valence-electron chi connectivity index (χ1n) is 8.55. The molecule has 0 N–H and O–H groups in total. The molecule has 0 saturated heterocycles. The standard InChI is InChI=1S/C18H25F3IO3S/c1-3-4-5-6-7-8-9-17(25-26(23,24)18(19,20)21)14-22-16-12-10-15(2)11-13-16/h10-14H,3-9H2,1-2H3/q+1/b17-14+. The zero-order valence-electron chi connectivity index (χ0n) is 15.0. The van der Waals surface area contributed by atoms with Crippen LogP contribution in [0.4, 0.5) is 13.2 Å². The molecule has 0 saturated carbocycles. The van der Waals surface area contributed by atoms with Crippen LogP contribution < -0.4 is 21.2 Å². The van der Waals surface area contributed by atoms with E-state index >= 15 is 0 Å². The van der Waals surface area contributed by atoms with Gasteiger partial charge in [0, 0.05) is 6.42 Å². The number of allylic oxidation sites excluding steroid dienone is 1. The largest absolute Gasteiger partial charge is 0.534 e. The second kappa shape index (κ2) is 11.2. The maximum Gasteiger partial charge on any atom is 0.534 e. The molecule has 0 amide bonds. The van der Waals surface area contributed by atoms with Crippen molar-refractivity contribution in [3.8, 4) is 0 Å². The maximum absolute atomic E-state index is 12.6. The van der Waals surface area contributed by atoms with Gasteiger partial charge in [-0.2, -0.15) is 21.6 Å². The van der Waals surface area contributed by atoms with Crippen molar-refractivity contribution in [3.63, 3.8) is 0 Å². The summed E-state index contributed by atoms with van der Waals surface area (Å²) in [6.07, 6.45) is 5.95. The highest BCUT2D eigenvalue weighted by Crippen LogP contribution is 2.27. The number of alkyl halides is 3. The zero-order chi connectivity index (χ0) is 19.6. The predicted octanol–water partition coefficient (Wildman–Crippen LogP) is 2.71. The second-order valence-electron chi connectivity index (χ2n) is 5.98. The van der Waals surface area contributed by atoms with Gasteiger partial charge in [0.25, 0.3) is 0 Å². The van der Waals surface area contributed by atoms with Gasteiger partial charge in [0.05, 0.1) is 0 Å². The summed E-state index contributed by atoms with van der Waals surface area (Å²) in [4.78, 5) is 0. The molecule has 0 heterocycles. The van der Waals surface area contributed by atoms with Gasteiger partial charge in [-0.25, -0.2) is 0 Å². The molecule has 0 unspecified atom stereocenters. The van der Waals surface area contributed by atoms with E-state index < -0.39 is 36.8 Å². The van der Waals surface area contributed by atoms with Gasteiger partial charge in [0.2, 0.25) is 0 Å². The molecule has 0 fully saturated rings. The van der Waals surface area contributed by atoms with Gasteiger partial charge in [-0.05, 0) is 25.5 Å². The summed E-state index contributed by atoms with van der Waals surface area (Å²) in [6.45, 7) is 4.05. The molecular weight excluding hydrogens is 480 g/mol. The Bertz CT molecular complexity index is 668. The van der Waals surface area contributed by atoms with E-state index in [0.717, 1.165) is 41.2 Å². The fourth-order valence-corrected chi connectivity index (χ4v) is 4.71. The molecule has 0 radical (unpaired) electrons. The third kappa shape index (κ3) is 8.75. The fraction of sp³-hybridized carbons (Fsp3) is 0.556. The van der Waals surface area contributed by atoms with E-state index in [1.165, 1.54) is 0 Å². The van der Waals surface area contributed by atoms with Crippen LogP contribution in [-0.4, -0.2) is 13.9 Å². The molecule has 0 bridgehead atoms. The Hall–Kier alpha value is -0.770. The van der Waals surface area contributed by atoms with Crippen LogP contribution in [0.1, 0.15) is 57.4 Å². The summed E-state index contributed by atoms with van der Waals surface area (Å²) in [6, 6.07) is 7.65. The molecule has 3 nitrogen and oxygen atoms in total. The Morgan fingerprint density at radius 2 is 1.65 bits per heavy atom. The van der Waals surface area contributed by atoms with Crippen LogP contribution in [0.2, 0.25) is 0 Å². The predicted molar refractivity (Wildman–Crippen MR) is 92.0 cm³/mol.